The van der Waals surface area contributed by atoms with Gasteiger partial charge in [-0.25, -0.2) is 0 Å². The van der Waals surface area contributed by atoms with Crippen LogP contribution >= 0.6 is 0 Å². The summed E-state index contributed by atoms with van der Waals surface area (Å²) in [5.74, 6) is 0.700. The third kappa shape index (κ3) is 7.98. The zero-order chi connectivity index (χ0) is 32.9. The first kappa shape index (κ1) is 36.8. The summed E-state index contributed by atoms with van der Waals surface area (Å²) in [4.78, 5) is 25.2. The highest BCUT2D eigenvalue weighted by atomic mass is 16.5. The lowest BCUT2D eigenvalue weighted by Crippen LogP contribution is -2.62. The summed E-state index contributed by atoms with van der Waals surface area (Å²) in [5, 5.41) is 31.1. The number of nitrogens with one attached hydrogen (secondary N) is 2. The average molecular weight is 634 g/mol. The molecule has 0 aromatic rings. The van der Waals surface area contributed by atoms with E-state index in [1.54, 1.807) is 20.8 Å². The fraction of sp³-hybridized carbons (Fsp3) is 0.946. The van der Waals surface area contributed by atoms with Gasteiger partial charge in [-0.1, -0.05) is 20.8 Å². The monoisotopic (exact) mass is 634 g/mol. The van der Waals surface area contributed by atoms with Crippen LogP contribution in [-0.4, -0.2) is 72.5 Å². The summed E-state index contributed by atoms with van der Waals surface area (Å²) >= 11 is 0. The Balaban J connectivity index is 1.33. The van der Waals surface area contributed by atoms with Crippen molar-refractivity contribution in [2.75, 3.05) is 26.2 Å². The molecule has 8 nitrogen and oxygen atoms in total. The predicted octanol–water partition coefficient (Wildman–Crippen LogP) is 4.84. The highest BCUT2D eigenvalue weighted by Gasteiger charge is 2.65. The van der Waals surface area contributed by atoms with Crippen molar-refractivity contribution in [3.8, 4) is 0 Å². The number of Topliss-reactive ketones (excluding diaryl/α,β-unsaturated/α-hetero) is 1. The highest BCUT2D eigenvalue weighted by Crippen LogP contribution is 2.68. The number of carbonyl (C=O) groups is 2. The highest BCUT2D eigenvalue weighted by molar-refractivity contribution is 5.98. The average Bonchev–Trinajstić information content (AvgIpc) is 3.35. The zero-order valence-electron chi connectivity index (χ0n) is 29.4. The number of carbonyl (C=O) groups excluding carboxylic acids is 2. The second-order valence-corrected chi connectivity index (χ2v) is 16.3. The van der Waals surface area contributed by atoms with Crippen molar-refractivity contribution < 1.29 is 24.5 Å². The molecule has 0 aromatic heterocycles. The van der Waals surface area contributed by atoms with Crippen LogP contribution in [0.25, 0.3) is 0 Å². The van der Waals surface area contributed by atoms with Gasteiger partial charge in [0.1, 0.15) is 11.7 Å². The number of fused-ring (bicyclic) bond motifs is 5. The number of esters is 1. The lowest BCUT2D eigenvalue weighted by atomic mass is 9.43. The molecule has 4 aliphatic rings. The van der Waals surface area contributed by atoms with Crippen LogP contribution in [0.3, 0.4) is 0 Å². The van der Waals surface area contributed by atoms with Crippen LogP contribution in [0.1, 0.15) is 119 Å². The first-order valence-electron chi connectivity index (χ1n) is 18.6. The van der Waals surface area contributed by atoms with Gasteiger partial charge in [0.2, 0.25) is 0 Å². The van der Waals surface area contributed by atoms with E-state index in [9.17, 15) is 19.8 Å². The van der Waals surface area contributed by atoms with Crippen molar-refractivity contribution in [3.63, 3.8) is 0 Å². The van der Waals surface area contributed by atoms with Gasteiger partial charge >= 0.3 is 5.97 Å². The van der Waals surface area contributed by atoms with Crippen molar-refractivity contribution in [1.29, 1.82) is 0 Å². The molecule has 4 fully saturated rings. The van der Waals surface area contributed by atoms with Gasteiger partial charge < -0.3 is 31.3 Å². The molecule has 0 amide bonds. The number of hydrogen-bond acceptors (Lipinski definition) is 8. The molecule has 0 saturated heterocycles. The van der Waals surface area contributed by atoms with Gasteiger partial charge in [-0.2, -0.15) is 0 Å². The van der Waals surface area contributed by atoms with E-state index < -0.39 is 18.0 Å². The second kappa shape index (κ2) is 15.9. The minimum Gasteiger partial charge on any atom is -0.462 e. The summed E-state index contributed by atoms with van der Waals surface area (Å²) in [5.41, 5.74) is 5.48. The van der Waals surface area contributed by atoms with Gasteiger partial charge in [0.05, 0.1) is 18.3 Å². The van der Waals surface area contributed by atoms with Crippen LogP contribution in [-0.2, 0) is 14.3 Å². The number of rotatable bonds is 16. The molecule has 0 aromatic carbocycles. The maximum atomic E-state index is 12.9. The van der Waals surface area contributed by atoms with E-state index in [1.165, 1.54) is 6.42 Å². The van der Waals surface area contributed by atoms with Gasteiger partial charge in [0.15, 0.2) is 0 Å². The Morgan fingerprint density at radius 3 is 2.38 bits per heavy atom. The molecule has 5 unspecified atom stereocenters. The maximum absolute atomic E-state index is 12.9. The number of ketones is 1. The van der Waals surface area contributed by atoms with Crippen molar-refractivity contribution in [2.45, 2.75) is 143 Å². The molecule has 0 radical (unpaired) electrons. The summed E-state index contributed by atoms with van der Waals surface area (Å²) in [6.45, 7) is 16.1. The van der Waals surface area contributed by atoms with Gasteiger partial charge in [0, 0.05) is 12.5 Å². The topological polar surface area (TPSA) is 134 Å². The summed E-state index contributed by atoms with van der Waals surface area (Å²) in [7, 11) is 0. The van der Waals surface area contributed by atoms with Gasteiger partial charge in [-0.3, -0.25) is 9.59 Å². The van der Waals surface area contributed by atoms with E-state index in [-0.39, 0.29) is 40.7 Å². The fourth-order valence-corrected chi connectivity index (χ4v) is 10.6. The van der Waals surface area contributed by atoms with E-state index in [2.05, 4.69) is 31.4 Å². The van der Waals surface area contributed by atoms with E-state index in [1.807, 2.05) is 0 Å². The molecule has 0 spiro atoms. The summed E-state index contributed by atoms with van der Waals surface area (Å²) in [6.07, 6.45) is 10.7. The Morgan fingerprint density at radius 1 is 0.933 bits per heavy atom. The van der Waals surface area contributed by atoms with Crippen molar-refractivity contribution in [3.05, 3.63) is 0 Å². The molecule has 4 rings (SSSR count). The third-order valence-electron chi connectivity index (χ3n) is 13.4. The van der Waals surface area contributed by atoms with Gasteiger partial charge in [-0.15, -0.1) is 0 Å². The molecular weight excluding hydrogens is 566 g/mol. The van der Waals surface area contributed by atoms with Crippen LogP contribution in [0.5, 0.6) is 0 Å². The Bertz CT molecular complexity index is 978. The number of aliphatic hydroxyl groups is 2. The SMILES string of the molecule is CC(C)OC(=O)C(C)C(=O)CC[C@@H](C)[C@H]1CCC2C3C(CC(O)[C@@]21C)[C@@]1(C)CC[C@H](NCCCNCCCCN)C[C@@H]1C[C@H]3O. The quantitative estimate of drug-likeness (QED) is 0.0927. The Morgan fingerprint density at radius 2 is 1.67 bits per heavy atom. The third-order valence-corrected chi connectivity index (χ3v) is 13.4. The van der Waals surface area contributed by atoms with Crippen molar-refractivity contribution >= 4 is 11.8 Å². The van der Waals surface area contributed by atoms with Gasteiger partial charge in [0.25, 0.3) is 0 Å². The summed E-state index contributed by atoms with van der Waals surface area (Å²) in [6, 6.07) is 0.511. The smallest absolute Gasteiger partial charge is 0.316 e. The normalized spacial score (nSPS) is 39.1. The van der Waals surface area contributed by atoms with Crippen LogP contribution in [0.2, 0.25) is 0 Å². The van der Waals surface area contributed by atoms with E-state index >= 15 is 0 Å². The molecular formula is C37H67N3O5. The number of unbranched alkanes of at least 4 members (excludes halogenated alkanes) is 1. The molecule has 8 heteroatoms. The van der Waals surface area contributed by atoms with E-state index in [4.69, 9.17) is 10.5 Å². The summed E-state index contributed by atoms with van der Waals surface area (Å²) < 4.78 is 5.27. The minimum atomic E-state index is -0.738. The van der Waals surface area contributed by atoms with Gasteiger partial charge in [-0.05, 0) is 164 Å². The van der Waals surface area contributed by atoms with E-state index in [0.29, 0.717) is 42.6 Å². The molecule has 0 bridgehead atoms. The molecule has 0 heterocycles. The number of hydrogen-bond donors (Lipinski definition) is 5. The predicted molar refractivity (Wildman–Crippen MR) is 179 cm³/mol. The lowest BCUT2D eigenvalue weighted by Gasteiger charge is -2.63. The van der Waals surface area contributed by atoms with Crippen molar-refractivity contribution in [1.82, 2.24) is 10.6 Å². The Hall–Kier alpha value is -1.06. The Labute approximate surface area is 273 Å². The first-order chi connectivity index (χ1) is 21.3. The Kier molecular flexibility index (Phi) is 13.0. The maximum Gasteiger partial charge on any atom is 0.316 e. The standard InChI is InChI=1S/C37H67N3O5/c1-23(2)45-35(44)25(4)31(41)13-10-24(3)28-11-12-29-34-30(22-33(43)37(28,29)6)36(5)15-14-27(20-26(36)21-32(34)42)40-19-9-18-39-17-8-7-16-38/h23-30,32-34,39-40,42-43H,7-22,38H2,1-6H3/t24-,25?,26-,27+,28-,29?,30?,32-,33?,34?,36+,37-/m1/s1. The number of aliphatic hydroxyl groups excluding tert-OH is 2. The molecule has 4 saturated carbocycles. The molecule has 260 valence electrons. The molecule has 6 N–H and O–H groups in total. The molecule has 0 aliphatic heterocycles. The minimum absolute atomic E-state index is 0.0572. The molecule has 45 heavy (non-hydrogen) atoms. The van der Waals surface area contributed by atoms with E-state index in [0.717, 1.165) is 84.0 Å². The van der Waals surface area contributed by atoms with Crippen LogP contribution in [0.4, 0.5) is 0 Å². The van der Waals surface area contributed by atoms with Crippen LogP contribution in [0, 0.1) is 52.3 Å². The lowest BCUT2D eigenvalue weighted by molar-refractivity contribution is -0.202. The first-order valence-corrected chi connectivity index (χ1v) is 18.6. The second-order valence-electron chi connectivity index (χ2n) is 16.3. The molecule has 4 aliphatic carbocycles. The van der Waals surface area contributed by atoms with Crippen LogP contribution in [0.15, 0.2) is 0 Å². The fourth-order valence-electron chi connectivity index (χ4n) is 10.6. The molecule has 12 atom stereocenters. The number of ether oxygens (including phenoxy) is 1. The zero-order valence-corrected chi connectivity index (χ0v) is 29.4. The van der Waals surface area contributed by atoms with Crippen LogP contribution < -0.4 is 16.4 Å². The largest absolute Gasteiger partial charge is 0.462 e. The number of nitrogens with two attached hydrogens (primary N) is 1. The van der Waals surface area contributed by atoms with Crippen molar-refractivity contribution in [2.24, 2.45) is 58.0 Å².